The average molecular weight is 309 g/mol. The number of rotatable bonds is 3. The zero-order valence-electron chi connectivity index (χ0n) is 12.0. The normalized spacial score (nSPS) is 16.6. The van der Waals surface area contributed by atoms with Crippen LogP contribution in [0, 0.1) is 5.82 Å². The Labute approximate surface area is 128 Å². The summed E-state index contributed by atoms with van der Waals surface area (Å²) in [7, 11) is 0. The summed E-state index contributed by atoms with van der Waals surface area (Å²) < 4.78 is 20.3. The van der Waals surface area contributed by atoms with Crippen molar-refractivity contribution in [2.45, 2.75) is 25.9 Å². The zero-order chi connectivity index (χ0) is 14.8. The summed E-state index contributed by atoms with van der Waals surface area (Å²) in [4.78, 5) is 6.19. The first kappa shape index (κ1) is 14.5. The van der Waals surface area contributed by atoms with Gasteiger partial charge in [0.05, 0.1) is 16.8 Å². The minimum atomic E-state index is -0.287. The van der Waals surface area contributed by atoms with Crippen LogP contribution in [0.25, 0.3) is 10.9 Å². The standard InChI is InChI=1S/C16H18ClFN2O/c1-2-21-11-6-9-20(10-7-11)14-4-3-12-13(17)5-8-19-16(12)15(14)18/h3-5,8,11H,2,6-7,9-10H2,1H3. The van der Waals surface area contributed by atoms with E-state index in [2.05, 4.69) is 9.88 Å². The number of benzene rings is 1. The van der Waals surface area contributed by atoms with E-state index in [4.69, 9.17) is 16.3 Å². The van der Waals surface area contributed by atoms with E-state index < -0.39 is 0 Å². The number of fused-ring (bicyclic) bond motifs is 1. The molecular weight excluding hydrogens is 291 g/mol. The summed E-state index contributed by atoms with van der Waals surface area (Å²) in [6.45, 7) is 4.34. The van der Waals surface area contributed by atoms with E-state index in [-0.39, 0.29) is 5.82 Å². The second-order valence-electron chi connectivity index (χ2n) is 5.23. The van der Waals surface area contributed by atoms with E-state index in [9.17, 15) is 4.39 Å². The highest BCUT2D eigenvalue weighted by atomic mass is 35.5. The molecule has 1 saturated heterocycles. The summed E-state index contributed by atoms with van der Waals surface area (Å²) >= 11 is 6.08. The first-order chi connectivity index (χ1) is 10.2. The van der Waals surface area contributed by atoms with Crippen molar-refractivity contribution >= 4 is 28.2 Å². The Bertz CT molecular complexity index is 641. The van der Waals surface area contributed by atoms with Crippen LogP contribution in [0.1, 0.15) is 19.8 Å². The molecule has 112 valence electrons. The molecule has 1 aliphatic rings. The third kappa shape index (κ3) is 2.83. The van der Waals surface area contributed by atoms with E-state index in [0.717, 1.165) is 32.5 Å². The number of hydrogen-bond donors (Lipinski definition) is 0. The van der Waals surface area contributed by atoms with Crippen LogP contribution in [0.4, 0.5) is 10.1 Å². The maximum Gasteiger partial charge on any atom is 0.172 e. The molecule has 0 radical (unpaired) electrons. The van der Waals surface area contributed by atoms with Gasteiger partial charge in [-0.05, 0) is 38.0 Å². The van der Waals surface area contributed by atoms with Crippen molar-refractivity contribution in [3.05, 3.63) is 35.2 Å². The second-order valence-corrected chi connectivity index (χ2v) is 5.64. The summed E-state index contributed by atoms with van der Waals surface area (Å²) in [5, 5.41) is 1.19. The lowest BCUT2D eigenvalue weighted by atomic mass is 10.1. The third-order valence-corrected chi connectivity index (χ3v) is 4.29. The molecule has 0 aliphatic carbocycles. The van der Waals surface area contributed by atoms with Crippen molar-refractivity contribution in [2.24, 2.45) is 0 Å². The van der Waals surface area contributed by atoms with Gasteiger partial charge in [0.1, 0.15) is 5.52 Å². The van der Waals surface area contributed by atoms with Crippen molar-refractivity contribution in [1.82, 2.24) is 4.98 Å². The van der Waals surface area contributed by atoms with Gasteiger partial charge in [0.15, 0.2) is 5.82 Å². The minimum Gasteiger partial charge on any atom is -0.378 e. The van der Waals surface area contributed by atoms with Gasteiger partial charge in [-0.25, -0.2) is 4.39 Å². The van der Waals surface area contributed by atoms with Gasteiger partial charge >= 0.3 is 0 Å². The van der Waals surface area contributed by atoms with Gasteiger partial charge in [0.25, 0.3) is 0 Å². The predicted octanol–water partition coefficient (Wildman–Crippen LogP) is 4.03. The smallest absolute Gasteiger partial charge is 0.172 e. The first-order valence-electron chi connectivity index (χ1n) is 7.30. The van der Waals surface area contributed by atoms with Gasteiger partial charge in [-0.3, -0.25) is 4.98 Å². The van der Waals surface area contributed by atoms with Crippen molar-refractivity contribution in [3.63, 3.8) is 0 Å². The highest BCUT2D eigenvalue weighted by molar-refractivity contribution is 6.35. The molecule has 5 heteroatoms. The molecule has 0 spiro atoms. The monoisotopic (exact) mass is 308 g/mol. The van der Waals surface area contributed by atoms with E-state index >= 15 is 0 Å². The fourth-order valence-electron chi connectivity index (χ4n) is 2.88. The summed E-state index contributed by atoms with van der Waals surface area (Å²) in [5.41, 5.74) is 0.944. The van der Waals surface area contributed by atoms with Gasteiger partial charge < -0.3 is 9.64 Å². The van der Waals surface area contributed by atoms with E-state index in [1.54, 1.807) is 18.3 Å². The van der Waals surface area contributed by atoms with Crippen molar-refractivity contribution in [1.29, 1.82) is 0 Å². The summed E-state index contributed by atoms with van der Waals surface area (Å²) in [6.07, 6.45) is 3.68. The van der Waals surface area contributed by atoms with Crippen LogP contribution in [0.15, 0.2) is 24.4 Å². The minimum absolute atomic E-state index is 0.287. The highest BCUT2D eigenvalue weighted by Crippen LogP contribution is 2.31. The fourth-order valence-corrected chi connectivity index (χ4v) is 3.09. The average Bonchev–Trinajstić information content (AvgIpc) is 2.50. The Morgan fingerprint density at radius 3 is 2.81 bits per heavy atom. The molecular formula is C16H18ClFN2O. The first-order valence-corrected chi connectivity index (χ1v) is 7.67. The molecule has 3 rings (SSSR count). The molecule has 21 heavy (non-hydrogen) atoms. The number of pyridine rings is 1. The maximum absolute atomic E-state index is 14.7. The van der Waals surface area contributed by atoms with E-state index in [1.807, 2.05) is 13.0 Å². The van der Waals surface area contributed by atoms with Crippen LogP contribution in [0.5, 0.6) is 0 Å². The molecule has 0 N–H and O–H groups in total. The maximum atomic E-state index is 14.7. The molecule has 0 bridgehead atoms. The molecule has 2 heterocycles. The Kier molecular flexibility index (Phi) is 4.27. The van der Waals surface area contributed by atoms with Crippen molar-refractivity contribution < 1.29 is 9.13 Å². The SMILES string of the molecule is CCOC1CCN(c2ccc3c(Cl)ccnc3c2F)CC1. The van der Waals surface area contributed by atoms with E-state index in [1.165, 1.54) is 0 Å². The van der Waals surface area contributed by atoms with Crippen LogP contribution >= 0.6 is 11.6 Å². The molecule has 1 fully saturated rings. The molecule has 0 unspecified atom stereocenters. The Morgan fingerprint density at radius 1 is 1.33 bits per heavy atom. The van der Waals surface area contributed by atoms with Gasteiger partial charge in [0, 0.05) is 31.3 Å². The van der Waals surface area contributed by atoms with Crippen molar-refractivity contribution in [2.75, 3.05) is 24.6 Å². The molecule has 1 aromatic carbocycles. The number of anilines is 1. The zero-order valence-corrected chi connectivity index (χ0v) is 12.7. The number of piperidine rings is 1. The predicted molar refractivity (Wildman–Crippen MR) is 83.6 cm³/mol. The molecule has 0 amide bonds. The third-order valence-electron chi connectivity index (χ3n) is 3.96. The lowest BCUT2D eigenvalue weighted by Crippen LogP contribution is -2.37. The molecule has 3 nitrogen and oxygen atoms in total. The Balaban J connectivity index is 1.87. The van der Waals surface area contributed by atoms with Gasteiger partial charge in [-0.1, -0.05) is 11.6 Å². The fraction of sp³-hybridized carbons (Fsp3) is 0.438. The topological polar surface area (TPSA) is 25.4 Å². The Morgan fingerprint density at radius 2 is 2.10 bits per heavy atom. The largest absolute Gasteiger partial charge is 0.378 e. The Hall–Kier alpha value is -1.39. The molecule has 0 saturated carbocycles. The lowest BCUT2D eigenvalue weighted by molar-refractivity contribution is 0.0458. The molecule has 1 aliphatic heterocycles. The van der Waals surface area contributed by atoms with Crippen LogP contribution in [0.3, 0.4) is 0 Å². The number of nitrogens with zero attached hydrogens (tertiary/aromatic N) is 2. The lowest BCUT2D eigenvalue weighted by Gasteiger charge is -2.33. The van der Waals surface area contributed by atoms with Crippen LogP contribution < -0.4 is 4.90 Å². The van der Waals surface area contributed by atoms with Gasteiger partial charge in [0.2, 0.25) is 0 Å². The van der Waals surface area contributed by atoms with Crippen LogP contribution in [-0.2, 0) is 4.74 Å². The quantitative estimate of drug-likeness (QED) is 0.856. The number of aromatic nitrogens is 1. The second kappa shape index (κ2) is 6.16. The van der Waals surface area contributed by atoms with Gasteiger partial charge in [-0.2, -0.15) is 0 Å². The summed E-state index contributed by atoms with van der Waals surface area (Å²) in [6, 6.07) is 5.32. The molecule has 2 aromatic rings. The van der Waals surface area contributed by atoms with Gasteiger partial charge in [-0.15, -0.1) is 0 Å². The highest BCUT2D eigenvalue weighted by Gasteiger charge is 2.22. The summed E-state index contributed by atoms with van der Waals surface area (Å²) in [5.74, 6) is -0.287. The molecule has 1 aromatic heterocycles. The van der Waals surface area contributed by atoms with Crippen molar-refractivity contribution in [3.8, 4) is 0 Å². The number of halogens is 2. The van der Waals surface area contributed by atoms with Crippen LogP contribution in [0.2, 0.25) is 5.02 Å². The molecule has 0 atom stereocenters. The van der Waals surface area contributed by atoms with Crippen LogP contribution in [-0.4, -0.2) is 30.8 Å². The van der Waals surface area contributed by atoms with E-state index in [0.29, 0.717) is 27.7 Å². The number of ether oxygens (including phenoxy) is 1. The number of hydrogen-bond acceptors (Lipinski definition) is 3.